The third-order valence-electron chi connectivity index (χ3n) is 3.23. The molecule has 0 aromatic rings. The summed E-state index contributed by atoms with van der Waals surface area (Å²) in [4.78, 5) is 0. The zero-order chi connectivity index (χ0) is 19.9. The third kappa shape index (κ3) is 9.66. The van der Waals surface area contributed by atoms with Crippen LogP contribution >= 0.6 is 0 Å². The molecule has 0 spiro atoms. The van der Waals surface area contributed by atoms with Crippen LogP contribution in [0.5, 0.6) is 0 Å². The average molecular weight is 399 g/mol. The molecule has 0 radical (unpaired) electrons. The van der Waals surface area contributed by atoms with E-state index >= 15 is 0 Å². The standard InChI is InChI=1S/C14H26F5NO4S/c1-12(2,3)5-6-20(7-8-23-4)25(21,22)10-9-24-11-13(15,16)14(17,18)19/h5-11H2,1-4H3. The second kappa shape index (κ2) is 9.43. The Morgan fingerprint density at radius 1 is 0.960 bits per heavy atom. The van der Waals surface area contributed by atoms with Gasteiger partial charge in [0.15, 0.2) is 0 Å². The molecule has 0 unspecified atom stereocenters. The molecule has 0 aromatic carbocycles. The van der Waals surface area contributed by atoms with Crippen LogP contribution < -0.4 is 0 Å². The van der Waals surface area contributed by atoms with Gasteiger partial charge in [-0.2, -0.15) is 26.3 Å². The summed E-state index contributed by atoms with van der Waals surface area (Å²) in [6, 6.07) is 0. The first-order valence-electron chi connectivity index (χ1n) is 7.61. The zero-order valence-electron chi connectivity index (χ0n) is 14.8. The Morgan fingerprint density at radius 2 is 1.52 bits per heavy atom. The topological polar surface area (TPSA) is 55.8 Å². The van der Waals surface area contributed by atoms with Crippen LogP contribution in [0.15, 0.2) is 0 Å². The molecule has 25 heavy (non-hydrogen) atoms. The van der Waals surface area contributed by atoms with Crippen LogP contribution in [0.4, 0.5) is 22.0 Å². The van der Waals surface area contributed by atoms with Crippen molar-refractivity contribution >= 4 is 10.0 Å². The van der Waals surface area contributed by atoms with Gasteiger partial charge in [-0.25, -0.2) is 8.42 Å². The minimum atomic E-state index is -5.73. The minimum absolute atomic E-state index is 0.0631. The summed E-state index contributed by atoms with van der Waals surface area (Å²) in [5.74, 6) is -5.70. The molecular weight excluding hydrogens is 373 g/mol. The molecule has 0 aliphatic carbocycles. The first-order valence-corrected chi connectivity index (χ1v) is 9.22. The molecule has 0 rings (SSSR count). The fourth-order valence-electron chi connectivity index (χ4n) is 1.62. The number of sulfonamides is 1. The van der Waals surface area contributed by atoms with Crippen LogP contribution in [0, 0.1) is 5.41 Å². The van der Waals surface area contributed by atoms with Gasteiger partial charge in [0, 0.05) is 20.2 Å². The van der Waals surface area contributed by atoms with Crippen LogP contribution in [0.3, 0.4) is 0 Å². The lowest BCUT2D eigenvalue weighted by atomic mass is 9.92. The lowest BCUT2D eigenvalue weighted by Crippen LogP contribution is -2.42. The van der Waals surface area contributed by atoms with E-state index in [4.69, 9.17) is 4.74 Å². The van der Waals surface area contributed by atoms with E-state index in [2.05, 4.69) is 4.74 Å². The highest BCUT2D eigenvalue weighted by atomic mass is 32.2. The van der Waals surface area contributed by atoms with E-state index in [-0.39, 0.29) is 25.1 Å². The van der Waals surface area contributed by atoms with Gasteiger partial charge in [-0.3, -0.25) is 0 Å². The van der Waals surface area contributed by atoms with Crippen LogP contribution in [-0.2, 0) is 19.5 Å². The number of nitrogens with zero attached hydrogens (tertiary/aromatic N) is 1. The van der Waals surface area contributed by atoms with E-state index in [1.165, 1.54) is 7.11 Å². The number of rotatable bonds is 11. The SMILES string of the molecule is COCCN(CCC(C)(C)C)S(=O)(=O)CCOCC(F)(F)C(F)(F)F. The predicted octanol–water partition coefficient (Wildman–Crippen LogP) is 2.92. The Balaban J connectivity index is 4.66. The Labute approximate surface area is 145 Å². The first-order chi connectivity index (χ1) is 11.1. The molecule has 11 heteroatoms. The maximum absolute atomic E-state index is 12.7. The van der Waals surface area contributed by atoms with Gasteiger partial charge in [0.1, 0.15) is 6.61 Å². The van der Waals surface area contributed by atoms with Crippen molar-refractivity contribution in [2.45, 2.75) is 39.3 Å². The largest absolute Gasteiger partial charge is 0.455 e. The van der Waals surface area contributed by atoms with Crippen LogP contribution in [0.1, 0.15) is 27.2 Å². The van der Waals surface area contributed by atoms with Crippen molar-refractivity contribution < 1.29 is 39.8 Å². The van der Waals surface area contributed by atoms with Crippen LogP contribution in [0.2, 0.25) is 0 Å². The molecule has 5 nitrogen and oxygen atoms in total. The molecule has 0 atom stereocenters. The maximum atomic E-state index is 12.7. The van der Waals surface area contributed by atoms with Gasteiger partial charge < -0.3 is 9.47 Å². The number of hydrogen-bond acceptors (Lipinski definition) is 4. The Bertz CT molecular complexity index is 488. The Kier molecular flexibility index (Phi) is 9.23. The zero-order valence-corrected chi connectivity index (χ0v) is 15.6. The molecule has 0 aliphatic rings. The van der Waals surface area contributed by atoms with Gasteiger partial charge in [0.2, 0.25) is 10.0 Å². The number of hydrogen-bond donors (Lipinski definition) is 0. The molecule has 152 valence electrons. The van der Waals surface area contributed by atoms with E-state index in [0.717, 1.165) is 4.31 Å². The molecule has 0 saturated carbocycles. The van der Waals surface area contributed by atoms with Gasteiger partial charge >= 0.3 is 12.1 Å². The smallest absolute Gasteiger partial charge is 0.383 e. The highest BCUT2D eigenvalue weighted by Gasteiger charge is 2.57. The van der Waals surface area contributed by atoms with Crippen molar-refractivity contribution in [3.63, 3.8) is 0 Å². The second-order valence-electron chi connectivity index (χ2n) is 6.77. The molecular formula is C14H26F5NO4S. The summed E-state index contributed by atoms with van der Waals surface area (Å²) in [7, 11) is -2.47. The Hall–Kier alpha value is -0.520. The fourth-order valence-corrected chi connectivity index (χ4v) is 2.93. The van der Waals surface area contributed by atoms with Crippen molar-refractivity contribution in [1.29, 1.82) is 0 Å². The summed E-state index contributed by atoms with van der Waals surface area (Å²) in [5.41, 5.74) is -0.133. The highest BCUT2D eigenvalue weighted by molar-refractivity contribution is 7.89. The van der Waals surface area contributed by atoms with Crippen molar-refractivity contribution in [1.82, 2.24) is 4.31 Å². The van der Waals surface area contributed by atoms with Crippen molar-refractivity contribution in [3.8, 4) is 0 Å². The Morgan fingerprint density at radius 3 is 1.96 bits per heavy atom. The molecule has 0 fully saturated rings. The molecule has 0 aromatic heterocycles. The number of ether oxygens (including phenoxy) is 2. The van der Waals surface area contributed by atoms with E-state index in [1.807, 2.05) is 20.8 Å². The lowest BCUT2D eigenvalue weighted by molar-refractivity contribution is -0.296. The summed E-state index contributed by atoms with van der Waals surface area (Å²) >= 11 is 0. The summed E-state index contributed by atoms with van der Waals surface area (Å²) < 4.78 is 96.2. The van der Waals surface area contributed by atoms with Gasteiger partial charge in [0.25, 0.3) is 0 Å². The maximum Gasteiger partial charge on any atom is 0.455 e. The lowest BCUT2D eigenvalue weighted by Gasteiger charge is -2.26. The number of methoxy groups -OCH3 is 1. The summed E-state index contributed by atoms with van der Waals surface area (Å²) in [6.45, 7) is 3.50. The third-order valence-corrected chi connectivity index (χ3v) is 5.07. The fraction of sp³-hybridized carbons (Fsp3) is 1.00. The number of halogens is 5. The van der Waals surface area contributed by atoms with Crippen molar-refractivity contribution in [3.05, 3.63) is 0 Å². The van der Waals surface area contributed by atoms with Crippen molar-refractivity contribution in [2.75, 3.05) is 45.8 Å². The first kappa shape index (κ1) is 24.5. The van der Waals surface area contributed by atoms with E-state index in [0.29, 0.717) is 6.42 Å². The quantitative estimate of drug-likeness (QED) is 0.396. The summed E-state index contributed by atoms with van der Waals surface area (Å²) in [5, 5.41) is 0. The summed E-state index contributed by atoms with van der Waals surface area (Å²) in [6.07, 6.45) is -5.19. The molecule has 0 N–H and O–H groups in total. The van der Waals surface area contributed by atoms with Gasteiger partial charge in [-0.15, -0.1) is 0 Å². The van der Waals surface area contributed by atoms with E-state index in [1.54, 1.807) is 0 Å². The van der Waals surface area contributed by atoms with E-state index in [9.17, 15) is 30.4 Å². The molecule has 0 heterocycles. The highest BCUT2D eigenvalue weighted by Crippen LogP contribution is 2.35. The average Bonchev–Trinajstić information content (AvgIpc) is 2.41. The van der Waals surface area contributed by atoms with Crippen molar-refractivity contribution in [2.24, 2.45) is 5.41 Å². The molecule has 0 bridgehead atoms. The van der Waals surface area contributed by atoms with Gasteiger partial charge in [-0.05, 0) is 11.8 Å². The van der Waals surface area contributed by atoms with Crippen LogP contribution in [-0.4, -0.2) is 70.6 Å². The molecule has 0 amide bonds. The number of alkyl halides is 5. The predicted molar refractivity (Wildman–Crippen MR) is 83.1 cm³/mol. The normalized spacial score (nSPS) is 14.3. The molecule has 0 saturated heterocycles. The van der Waals surface area contributed by atoms with Crippen LogP contribution in [0.25, 0.3) is 0 Å². The van der Waals surface area contributed by atoms with E-state index < -0.39 is 41.1 Å². The molecule has 0 aliphatic heterocycles. The van der Waals surface area contributed by atoms with Gasteiger partial charge in [0.05, 0.1) is 19.0 Å². The second-order valence-corrected chi connectivity index (χ2v) is 8.86. The minimum Gasteiger partial charge on any atom is -0.383 e. The monoisotopic (exact) mass is 399 g/mol. The van der Waals surface area contributed by atoms with Gasteiger partial charge in [-0.1, -0.05) is 20.8 Å².